The molecule has 0 bridgehead atoms. The first-order valence-corrected chi connectivity index (χ1v) is 11.0. The number of carbonyl (C=O) groups excluding carboxylic acids is 1. The van der Waals surface area contributed by atoms with Gasteiger partial charge in [-0.05, 0) is 53.6 Å². The van der Waals surface area contributed by atoms with Crippen molar-refractivity contribution >= 4 is 63.3 Å². The predicted octanol–water partition coefficient (Wildman–Crippen LogP) is 6.23. The number of ether oxygens (including phenoxy) is 1. The first-order valence-electron chi connectivity index (χ1n) is 9.40. The number of rotatable bonds is 6. The highest BCUT2D eigenvalue weighted by Gasteiger charge is 2.33. The summed E-state index contributed by atoms with van der Waals surface area (Å²) in [6.45, 7) is 0.392. The summed E-state index contributed by atoms with van der Waals surface area (Å²) in [6.07, 6.45) is 1.75. The zero-order valence-electron chi connectivity index (χ0n) is 16.4. The summed E-state index contributed by atoms with van der Waals surface area (Å²) >= 11 is 12.5. The molecule has 1 amide bonds. The third-order valence-corrected chi connectivity index (χ3v) is 6.14. The summed E-state index contributed by atoms with van der Waals surface area (Å²) in [4.78, 5) is 25.1. The second-order valence-corrected chi connectivity index (χ2v) is 8.89. The van der Waals surface area contributed by atoms with E-state index in [1.807, 2.05) is 48.5 Å². The summed E-state index contributed by atoms with van der Waals surface area (Å²) in [5, 5.41) is 11.5. The third-order valence-electron chi connectivity index (χ3n) is 4.59. The van der Waals surface area contributed by atoms with E-state index < -0.39 is 4.92 Å². The first kappa shape index (κ1) is 22.0. The molecule has 0 N–H and O–H groups in total. The summed E-state index contributed by atoms with van der Waals surface area (Å²) in [5.41, 5.74) is 2.22. The molecule has 4 rings (SSSR count). The van der Waals surface area contributed by atoms with Crippen molar-refractivity contribution in [2.45, 2.75) is 6.61 Å². The standard InChI is InChI=1S/C23H15ClN2O4S2/c24-17-6-4-15(5-7-17)14-30-20-3-1-2-16(12-20)13-21-22(27)25(23(31)32-21)18-8-10-19(11-9-18)26(28)29/h1-13H,14H2/b21-13-. The van der Waals surface area contributed by atoms with E-state index in [4.69, 9.17) is 28.6 Å². The van der Waals surface area contributed by atoms with Crippen molar-refractivity contribution in [1.29, 1.82) is 0 Å². The van der Waals surface area contributed by atoms with Crippen LogP contribution in [-0.2, 0) is 11.4 Å². The van der Waals surface area contributed by atoms with Gasteiger partial charge in [-0.15, -0.1) is 0 Å². The molecule has 1 heterocycles. The number of halogens is 1. The SMILES string of the molecule is O=C1/C(=C/c2cccc(OCc3ccc(Cl)cc3)c2)SC(=S)N1c1ccc([N+](=O)[O-])cc1. The fourth-order valence-electron chi connectivity index (χ4n) is 3.01. The van der Waals surface area contributed by atoms with Crippen molar-refractivity contribution < 1.29 is 14.5 Å². The lowest BCUT2D eigenvalue weighted by Crippen LogP contribution is -2.27. The molecule has 0 saturated carbocycles. The van der Waals surface area contributed by atoms with Crippen LogP contribution in [0.15, 0.2) is 77.7 Å². The fourth-order valence-corrected chi connectivity index (χ4v) is 4.43. The topological polar surface area (TPSA) is 72.7 Å². The maximum atomic E-state index is 12.9. The average Bonchev–Trinajstić information content (AvgIpc) is 3.06. The lowest BCUT2D eigenvalue weighted by molar-refractivity contribution is -0.384. The highest BCUT2D eigenvalue weighted by atomic mass is 35.5. The van der Waals surface area contributed by atoms with Crippen LogP contribution in [0.3, 0.4) is 0 Å². The molecule has 0 radical (unpaired) electrons. The third kappa shape index (κ3) is 4.99. The molecule has 6 nitrogen and oxygen atoms in total. The van der Waals surface area contributed by atoms with Crippen LogP contribution in [-0.4, -0.2) is 15.2 Å². The van der Waals surface area contributed by atoms with E-state index in [9.17, 15) is 14.9 Å². The van der Waals surface area contributed by atoms with Crippen LogP contribution >= 0.6 is 35.6 Å². The Morgan fingerprint density at radius 3 is 2.50 bits per heavy atom. The van der Waals surface area contributed by atoms with Crippen molar-refractivity contribution in [2.75, 3.05) is 4.90 Å². The monoisotopic (exact) mass is 482 g/mol. The van der Waals surface area contributed by atoms with Gasteiger partial charge in [0.05, 0.1) is 15.5 Å². The van der Waals surface area contributed by atoms with Crippen LogP contribution < -0.4 is 9.64 Å². The van der Waals surface area contributed by atoms with Crippen molar-refractivity contribution in [3.8, 4) is 5.75 Å². The van der Waals surface area contributed by atoms with Crippen LogP contribution in [0, 0.1) is 10.1 Å². The van der Waals surface area contributed by atoms with Crippen LogP contribution in [0.5, 0.6) is 5.75 Å². The zero-order valence-corrected chi connectivity index (χ0v) is 18.8. The zero-order chi connectivity index (χ0) is 22.7. The van der Waals surface area contributed by atoms with Gasteiger partial charge in [0, 0.05) is 17.2 Å². The lowest BCUT2D eigenvalue weighted by Gasteiger charge is -2.13. The Hall–Kier alpha value is -3.20. The molecule has 3 aromatic carbocycles. The second-order valence-electron chi connectivity index (χ2n) is 6.78. The van der Waals surface area contributed by atoms with E-state index in [2.05, 4.69) is 0 Å². The Labute approximate surface area is 198 Å². The van der Waals surface area contributed by atoms with Crippen molar-refractivity contribution in [1.82, 2.24) is 0 Å². The molecule has 0 unspecified atom stereocenters. The highest BCUT2D eigenvalue weighted by molar-refractivity contribution is 8.27. The van der Waals surface area contributed by atoms with Crippen LogP contribution in [0.25, 0.3) is 6.08 Å². The summed E-state index contributed by atoms with van der Waals surface area (Å²) in [7, 11) is 0. The molecule has 160 valence electrons. The Morgan fingerprint density at radius 1 is 1.09 bits per heavy atom. The van der Waals surface area contributed by atoms with Gasteiger partial charge in [0.2, 0.25) is 0 Å². The van der Waals surface area contributed by atoms with E-state index in [1.54, 1.807) is 6.08 Å². The number of hydrogen-bond donors (Lipinski definition) is 0. The average molecular weight is 483 g/mol. The second kappa shape index (κ2) is 9.52. The molecule has 1 saturated heterocycles. The molecule has 32 heavy (non-hydrogen) atoms. The molecule has 0 atom stereocenters. The quantitative estimate of drug-likeness (QED) is 0.179. The number of nitro benzene ring substituents is 1. The molecular weight excluding hydrogens is 468 g/mol. The number of amides is 1. The van der Waals surface area contributed by atoms with Crippen molar-refractivity contribution in [2.24, 2.45) is 0 Å². The minimum absolute atomic E-state index is 0.0508. The normalized spacial score (nSPS) is 14.8. The number of thioether (sulfide) groups is 1. The minimum atomic E-state index is -0.490. The maximum Gasteiger partial charge on any atom is 0.270 e. The minimum Gasteiger partial charge on any atom is -0.489 e. The first-order chi connectivity index (χ1) is 15.4. The van der Waals surface area contributed by atoms with Gasteiger partial charge >= 0.3 is 0 Å². The molecule has 0 aliphatic carbocycles. The number of benzene rings is 3. The Morgan fingerprint density at radius 2 is 1.81 bits per heavy atom. The van der Waals surface area contributed by atoms with Gasteiger partial charge in [-0.3, -0.25) is 19.8 Å². The van der Waals surface area contributed by atoms with Gasteiger partial charge in [-0.1, -0.05) is 59.8 Å². The number of thiocarbonyl (C=S) groups is 1. The Kier molecular flexibility index (Phi) is 6.55. The number of nitrogens with zero attached hydrogens (tertiary/aromatic N) is 2. The summed E-state index contributed by atoms with van der Waals surface area (Å²) in [5.74, 6) is 0.390. The van der Waals surface area contributed by atoms with E-state index in [0.29, 0.717) is 32.3 Å². The number of anilines is 1. The lowest BCUT2D eigenvalue weighted by atomic mass is 10.2. The van der Waals surface area contributed by atoms with Gasteiger partial charge in [0.1, 0.15) is 12.4 Å². The van der Waals surface area contributed by atoms with Gasteiger partial charge in [-0.2, -0.15) is 0 Å². The fraction of sp³-hybridized carbons (Fsp3) is 0.0435. The molecule has 9 heteroatoms. The molecule has 1 aliphatic heterocycles. The number of carbonyl (C=O) groups is 1. The molecular formula is C23H15ClN2O4S2. The number of nitro groups is 1. The Bertz CT molecular complexity index is 1230. The van der Waals surface area contributed by atoms with Crippen LogP contribution in [0.2, 0.25) is 5.02 Å². The van der Waals surface area contributed by atoms with E-state index >= 15 is 0 Å². The van der Waals surface area contributed by atoms with E-state index in [-0.39, 0.29) is 11.6 Å². The highest BCUT2D eigenvalue weighted by Crippen LogP contribution is 2.36. The summed E-state index contributed by atoms with van der Waals surface area (Å²) in [6, 6.07) is 20.5. The maximum absolute atomic E-state index is 12.9. The molecule has 0 spiro atoms. The van der Waals surface area contributed by atoms with Crippen LogP contribution in [0.4, 0.5) is 11.4 Å². The molecule has 1 aliphatic rings. The van der Waals surface area contributed by atoms with Crippen LogP contribution in [0.1, 0.15) is 11.1 Å². The summed E-state index contributed by atoms with van der Waals surface area (Å²) < 4.78 is 6.22. The van der Waals surface area contributed by atoms with Gasteiger partial charge < -0.3 is 4.74 Å². The van der Waals surface area contributed by atoms with Crippen molar-refractivity contribution in [3.05, 3.63) is 104 Å². The van der Waals surface area contributed by atoms with Gasteiger partial charge in [0.25, 0.3) is 11.6 Å². The predicted molar refractivity (Wildman–Crippen MR) is 131 cm³/mol. The largest absolute Gasteiger partial charge is 0.489 e. The van der Waals surface area contributed by atoms with Gasteiger partial charge in [-0.25, -0.2) is 0 Å². The number of non-ortho nitro benzene ring substituents is 1. The van der Waals surface area contributed by atoms with E-state index in [0.717, 1.165) is 11.1 Å². The molecule has 0 aromatic heterocycles. The van der Waals surface area contributed by atoms with E-state index in [1.165, 1.54) is 40.9 Å². The Balaban J connectivity index is 1.49. The molecule has 3 aromatic rings. The van der Waals surface area contributed by atoms with Crippen molar-refractivity contribution in [3.63, 3.8) is 0 Å². The molecule has 1 fully saturated rings. The smallest absolute Gasteiger partial charge is 0.270 e. The van der Waals surface area contributed by atoms with Gasteiger partial charge in [0.15, 0.2) is 4.32 Å². The number of hydrogen-bond acceptors (Lipinski definition) is 6.